The van der Waals surface area contributed by atoms with E-state index >= 15 is 0 Å². The van der Waals surface area contributed by atoms with Crippen molar-refractivity contribution in [2.24, 2.45) is 0 Å². The number of aromatic amines is 1. The molecule has 1 N–H and O–H groups in total. The van der Waals surface area contributed by atoms with Crippen molar-refractivity contribution in [1.82, 2.24) is 9.97 Å². The number of hydrogen-bond acceptors (Lipinski definition) is 4. The van der Waals surface area contributed by atoms with Crippen LogP contribution >= 0.6 is 0 Å². The molecule has 0 saturated heterocycles. The predicted molar refractivity (Wildman–Crippen MR) is 83.4 cm³/mol. The van der Waals surface area contributed by atoms with E-state index in [0.29, 0.717) is 28.0 Å². The molecule has 0 aliphatic carbocycles. The van der Waals surface area contributed by atoms with Crippen molar-refractivity contribution in [2.75, 3.05) is 7.11 Å². The summed E-state index contributed by atoms with van der Waals surface area (Å²) in [5.41, 5.74) is 0.906. The number of rotatable bonds is 4. The molecule has 0 unspecified atom stereocenters. The zero-order valence-electron chi connectivity index (χ0n) is 12.0. The van der Waals surface area contributed by atoms with Gasteiger partial charge in [-0.3, -0.25) is 9.59 Å². The molecule has 0 aliphatic heterocycles. The smallest absolute Gasteiger partial charge is 0.258 e. The standard InChI is InChI=1S/C17H14N2O3/c1-22-12-8-6-11(7-9-12)15(20)10-16-18-14-5-3-2-4-13(14)17(21)19-16/h2-9H,10H2,1H3,(H,18,19,21). The van der Waals surface area contributed by atoms with Crippen LogP contribution in [0.3, 0.4) is 0 Å². The van der Waals surface area contributed by atoms with E-state index in [4.69, 9.17) is 4.74 Å². The lowest BCUT2D eigenvalue weighted by Gasteiger charge is -2.04. The quantitative estimate of drug-likeness (QED) is 0.750. The van der Waals surface area contributed by atoms with E-state index in [-0.39, 0.29) is 17.8 Å². The summed E-state index contributed by atoms with van der Waals surface area (Å²) in [6, 6.07) is 13.9. The Bertz CT molecular complexity index is 882. The van der Waals surface area contributed by atoms with Crippen molar-refractivity contribution >= 4 is 16.7 Å². The number of methoxy groups -OCH3 is 1. The van der Waals surface area contributed by atoms with E-state index in [0.717, 1.165) is 0 Å². The summed E-state index contributed by atoms with van der Waals surface area (Å²) in [5.74, 6) is 0.944. The van der Waals surface area contributed by atoms with Gasteiger partial charge >= 0.3 is 0 Å². The number of nitrogens with zero attached hydrogens (tertiary/aromatic N) is 1. The Balaban J connectivity index is 1.88. The number of fused-ring (bicyclic) bond motifs is 1. The number of carbonyl (C=O) groups is 1. The molecule has 0 atom stereocenters. The average Bonchev–Trinajstić information content (AvgIpc) is 2.55. The second kappa shape index (κ2) is 5.81. The highest BCUT2D eigenvalue weighted by Crippen LogP contribution is 2.13. The van der Waals surface area contributed by atoms with Crippen LogP contribution in [0, 0.1) is 0 Å². The molecule has 5 heteroatoms. The number of hydrogen-bond donors (Lipinski definition) is 1. The molecule has 0 bridgehead atoms. The maximum absolute atomic E-state index is 12.3. The minimum atomic E-state index is -0.233. The first-order valence-corrected chi connectivity index (χ1v) is 6.82. The van der Waals surface area contributed by atoms with Crippen LogP contribution in [0.15, 0.2) is 53.3 Å². The second-order valence-electron chi connectivity index (χ2n) is 4.86. The summed E-state index contributed by atoms with van der Waals surface area (Å²) in [6.07, 6.45) is 0.0480. The molecule has 0 amide bonds. The third-order valence-electron chi connectivity index (χ3n) is 3.40. The lowest BCUT2D eigenvalue weighted by Crippen LogP contribution is -2.15. The SMILES string of the molecule is COc1ccc(C(=O)Cc2nc3ccccc3c(=O)[nH]2)cc1. The van der Waals surface area contributed by atoms with Gasteiger partial charge in [-0.05, 0) is 36.4 Å². The maximum atomic E-state index is 12.3. The third-order valence-corrected chi connectivity index (χ3v) is 3.40. The largest absolute Gasteiger partial charge is 0.497 e. The van der Waals surface area contributed by atoms with Crippen molar-refractivity contribution in [3.05, 3.63) is 70.3 Å². The van der Waals surface area contributed by atoms with Gasteiger partial charge in [0.1, 0.15) is 11.6 Å². The molecule has 3 aromatic rings. The molecule has 22 heavy (non-hydrogen) atoms. The fourth-order valence-corrected chi connectivity index (χ4v) is 2.25. The molecule has 0 fully saturated rings. The van der Waals surface area contributed by atoms with E-state index in [1.165, 1.54) is 0 Å². The number of benzene rings is 2. The molecule has 1 heterocycles. The van der Waals surface area contributed by atoms with Crippen molar-refractivity contribution in [3.8, 4) is 5.75 Å². The van der Waals surface area contributed by atoms with E-state index < -0.39 is 0 Å². The first kappa shape index (κ1) is 14.0. The zero-order chi connectivity index (χ0) is 15.5. The van der Waals surface area contributed by atoms with Crippen LogP contribution in [0.25, 0.3) is 10.9 Å². The van der Waals surface area contributed by atoms with Gasteiger partial charge in [0, 0.05) is 5.56 Å². The number of H-pyrrole nitrogens is 1. The van der Waals surface area contributed by atoms with Crippen LogP contribution in [0.5, 0.6) is 5.75 Å². The van der Waals surface area contributed by atoms with Gasteiger partial charge < -0.3 is 9.72 Å². The van der Waals surface area contributed by atoms with Gasteiger partial charge in [0.05, 0.1) is 24.4 Å². The third kappa shape index (κ3) is 2.74. The number of carbonyl (C=O) groups excluding carboxylic acids is 1. The van der Waals surface area contributed by atoms with E-state index in [9.17, 15) is 9.59 Å². The topological polar surface area (TPSA) is 72.0 Å². The highest BCUT2D eigenvalue weighted by Gasteiger charge is 2.10. The van der Waals surface area contributed by atoms with Crippen LogP contribution in [-0.4, -0.2) is 22.9 Å². The number of para-hydroxylation sites is 1. The fourth-order valence-electron chi connectivity index (χ4n) is 2.25. The Morgan fingerprint density at radius 2 is 1.86 bits per heavy atom. The summed E-state index contributed by atoms with van der Waals surface area (Å²) in [7, 11) is 1.57. The van der Waals surface area contributed by atoms with Gasteiger partial charge in [-0.2, -0.15) is 0 Å². The van der Waals surface area contributed by atoms with Crippen molar-refractivity contribution in [1.29, 1.82) is 0 Å². The monoisotopic (exact) mass is 294 g/mol. The van der Waals surface area contributed by atoms with E-state index in [2.05, 4.69) is 9.97 Å². The minimum Gasteiger partial charge on any atom is -0.497 e. The maximum Gasteiger partial charge on any atom is 0.258 e. The number of aromatic nitrogens is 2. The van der Waals surface area contributed by atoms with Crippen molar-refractivity contribution in [3.63, 3.8) is 0 Å². The predicted octanol–water partition coefficient (Wildman–Crippen LogP) is 2.36. The average molecular weight is 294 g/mol. The summed E-state index contributed by atoms with van der Waals surface area (Å²) in [4.78, 5) is 31.2. The molecular formula is C17H14N2O3. The van der Waals surface area contributed by atoms with Gasteiger partial charge in [-0.1, -0.05) is 12.1 Å². The summed E-state index contributed by atoms with van der Waals surface area (Å²) in [6.45, 7) is 0. The highest BCUT2D eigenvalue weighted by molar-refractivity contribution is 5.97. The van der Waals surface area contributed by atoms with Crippen molar-refractivity contribution in [2.45, 2.75) is 6.42 Å². The van der Waals surface area contributed by atoms with Crippen LogP contribution in [0.1, 0.15) is 16.2 Å². The molecule has 3 rings (SSSR count). The van der Waals surface area contributed by atoms with Crippen LogP contribution < -0.4 is 10.3 Å². The van der Waals surface area contributed by atoms with Gasteiger partial charge in [0.25, 0.3) is 5.56 Å². The number of nitrogens with one attached hydrogen (secondary N) is 1. The lowest BCUT2D eigenvalue weighted by atomic mass is 10.1. The van der Waals surface area contributed by atoms with Crippen LogP contribution in [-0.2, 0) is 6.42 Å². The van der Waals surface area contributed by atoms with Gasteiger partial charge in [0.2, 0.25) is 0 Å². The number of ketones is 1. The Morgan fingerprint density at radius 1 is 1.14 bits per heavy atom. The summed E-state index contributed by atoms with van der Waals surface area (Å²) >= 11 is 0. The molecule has 0 radical (unpaired) electrons. The molecule has 5 nitrogen and oxygen atoms in total. The molecular weight excluding hydrogens is 280 g/mol. The Kier molecular flexibility index (Phi) is 3.70. The van der Waals surface area contributed by atoms with Crippen molar-refractivity contribution < 1.29 is 9.53 Å². The summed E-state index contributed by atoms with van der Waals surface area (Å²) < 4.78 is 5.06. The normalized spacial score (nSPS) is 10.6. The molecule has 0 spiro atoms. The Morgan fingerprint density at radius 3 is 2.59 bits per heavy atom. The fraction of sp³-hybridized carbons (Fsp3) is 0.118. The zero-order valence-corrected chi connectivity index (χ0v) is 12.0. The Labute approximate surface area is 126 Å². The van der Waals surface area contributed by atoms with Crippen LogP contribution in [0.4, 0.5) is 0 Å². The molecule has 0 saturated carbocycles. The molecule has 2 aromatic carbocycles. The minimum absolute atomic E-state index is 0.0480. The first-order valence-electron chi connectivity index (χ1n) is 6.82. The van der Waals surface area contributed by atoms with Gasteiger partial charge in [-0.15, -0.1) is 0 Å². The van der Waals surface area contributed by atoms with Gasteiger partial charge in [-0.25, -0.2) is 4.98 Å². The first-order chi connectivity index (χ1) is 10.7. The molecule has 0 aliphatic rings. The highest BCUT2D eigenvalue weighted by atomic mass is 16.5. The molecule has 1 aromatic heterocycles. The lowest BCUT2D eigenvalue weighted by molar-refractivity contribution is 0.0991. The van der Waals surface area contributed by atoms with E-state index in [1.54, 1.807) is 49.6 Å². The van der Waals surface area contributed by atoms with E-state index in [1.807, 2.05) is 6.07 Å². The van der Waals surface area contributed by atoms with Gasteiger partial charge in [0.15, 0.2) is 5.78 Å². The number of Topliss-reactive ketones (excluding diaryl/α,β-unsaturated/α-hetero) is 1. The summed E-state index contributed by atoms with van der Waals surface area (Å²) in [5, 5.41) is 0.517. The number of ether oxygens (including phenoxy) is 1. The van der Waals surface area contributed by atoms with Crippen LogP contribution in [0.2, 0.25) is 0 Å². The Hall–Kier alpha value is -2.95. The second-order valence-corrected chi connectivity index (χ2v) is 4.86. The molecule has 110 valence electrons.